The monoisotopic (exact) mass is 218 g/mol. The second kappa shape index (κ2) is 4.19. The van der Waals surface area contributed by atoms with Gasteiger partial charge in [0.25, 0.3) is 0 Å². The Bertz CT molecular complexity index is 485. The fraction of sp³-hybridized carbons (Fsp3) is 0. The molecule has 4 heteroatoms. The van der Waals surface area contributed by atoms with Gasteiger partial charge < -0.3 is 0 Å². The van der Waals surface area contributed by atoms with E-state index in [2.05, 4.69) is 9.97 Å². The van der Waals surface area contributed by atoms with E-state index in [1.807, 2.05) is 6.07 Å². The van der Waals surface area contributed by atoms with Gasteiger partial charge in [-0.15, -0.1) is 0 Å². The molecule has 15 heavy (non-hydrogen) atoms. The van der Waals surface area contributed by atoms with Crippen LogP contribution in [0.3, 0.4) is 0 Å². The van der Waals surface area contributed by atoms with Crippen LogP contribution in [-0.4, -0.2) is 16.3 Å². The van der Waals surface area contributed by atoms with Gasteiger partial charge in [0.05, 0.1) is 0 Å². The highest BCUT2D eigenvalue weighted by molar-refractivity contribution is 6.29. The summed E-state index contributed by atoms with van der Waals surface area (Å²) in [7, 11) is 0. The third-order valence-corrected chi connectivity index (χ3v) is 2.21. The minimum Gasteiger partial charge on any atom is -0.298 e. The van der Waals surface area contributed by atoms with Crippen molar-refractivity contribution in [1.82, 2.24) is 9.97 Å². The number of carbonyl (C=O) groups excluding carboxylic acids is 1. The summed E-state index contributed by atoms with van der Waals surface area (Å²) in [5, 5.41) is 0.310. The molecule has 74 valence electrons. The molecule has 2 rings (SSSR count). The average Bonchev–Trinajstić information content (AvgIpc) is 2.30. The Kier molecular flexibility index (Phi) is 2.74. The van der Waals surface area contributed by atoms with E-state index in [1.165, 1.54) is 6.07 Å². The van der Waals surface area contributed by atoms with Gasteiger partial charge in [0.15, 0.2) is 6.29 Å². The molecule has 3 nitrogen and oxygen atoms in total. The van der Waals surface area contributed by atoms with Crippen molar-refractivity contribution in [2.45, 2.75) is 0 Å². The molecule has 0 aliphatic carbocycles. The van der Waals surface area contributed by atoms with Crippen LogP contribution in [0.15, 0.2) is 36.8 Å². The zero-order valence-corrected chi connectivity index (χ0v) is 8.48. The lowest BCUT2D eigenvalue weighted by molar-refractivity contribution is 0.112. The first kappa shape index (κ1) is 9.80. The second-order valence-electron chi connectivity index (χ2n) is 2.95. The fourth-order valence-electron chi connectivity index (χ4n) is 1.30. The Balaban J connectivity index is 2.58. The second-order valence-corrected chi connectivity index (χ2v) is 3.34. The fourth-order valence-corrected chi connectivity index (χ4v) is 1.47. The molecule has 0 aromatic carbocycles. The summed E-state index contributed by atoms with van der Waals surface area (Å²) in [6.45, 7) is 0. The van der Waals surface area contributed by atoms with E-state index in [1.54, 1.807) is 24.7 Å². The lowest BCUT2D eigenvalue weighted by Crippen LogP contribution is -1.90. The normalized spacial score (nSPS) is 9.93. The number of carbonyl (C=O) groups is 1. The van der Waals surface area contributed by atoms with Crippen molar-refractivity contribution in [1.29, 1.82) is 0 Å². The van der Waals surface area contributed by atoms with Crippen molar-refractivity contribution in [2.75, 3.05) is 0 Å². The summed E-state index contributed by atoms with van der Waals surface area (Å²) in [4.78, 5) is 18.8. The lowest BCUT2D eigenvalue weighted by atomic mass is 10.1. The number of halogens is 1. The Morgan fingerprint density at radius 3 is 2.87 bits per heavy atom. The number of aldehydes is 1. The number of hydrogen-bond acceptors (Lipinski definition) is 3. The van der Waals surface area contributed by atoms with Gasteiger partial charge in [-0.05, 0) is 12.1 Å². The zero-order valence-electron chi connectivity index (χ0n) is 7.72. The number of pyridine rings is 2. The predicted molar refractivity (Wildman–Crippen MR) is 57.9 cm³/mol. The van der Waals surface area contributed by atoms with Crippen molar-refractivity contribution in [3.8, 4) is 11.1 Å². The smallest absolute Gasteiger partial charge is 0.150 e. The molecule has 0 spiro atoms. The van der Waals surface area contributed by atoms with Gasteiger partial charge in [-0.2, -0.15) is 0 Å². The summed E-state index contributed by atoms with van der Waals surface area (Å²) in [6.07, 6.45) is 5.68. The lowest BCUT2D eigenvalue weighted by Gasteiger charge is -2.03. The summed E-state index contributed by atoms with van der Waals surface area (Å²) >= 11 is 5.70. The molecular formula is C11H7ClN2O. The quantitative estimate of drug-likeness (QED) is 0.575. The van der Waals surface area contributed by atoms with Crippen LogP contribution >= 0.6 is 11.6 Å². The Morgan fingerprint density at radius 1 is 1.33 bits per heavy atom. The van der Waals surface area contributed by atoms with Crippen molar-refractivity contribution in [2.24, 2.45) is 0 Å². The summed E-state index contributed by atoms with van der Waals surface area (Å²) in [5.41, 5.74) is 2.11. The van der Waals surface area contributed by atoms with E-state index in [4.69, 9.17) is 11.6 Å². The van der Waals surface area contributed by atoms with Crippen molar-refractivity contribution < 1.29 is 4.79 Å². The molecule has 0 saturated heterocycles. The first-order chi connectivity index (χ1) is 7.31. The molecule has 2 aromatic rings. The summed E-state index contributed by atoms with van der Waals surface area (Å²) < 4.78 is 0. The first-order valence-electron chi connectivity index (χ1n) is 4.32. The van der Waals surface area contributed by atoms with Crippen LogP contribution in [0.4, 0.5) is 0 Å². The van der Waals surface area contributed by atoms with Crippen LogP contribution < -0.4 is 0 Å². The standard InChI is InChI=1S/C11H7ClN2O/c12-11-4-9(7-15)10(6-14-11)8-2-1-3-13-5-8/h1-7H. The summed E-state index contributed by atoms with van der Waals surface area (Å²) in [6, 6.07) is 5.21. The van der Waals surface area contributed by atoms with Crippen LogP contribution in [0.2, 0.25) is 5.15 Å². The highest BCUT2D eigenvalue weighted by Crippen LogP contribution is 2.22. The van der Waals surface area contributed by atoms with E-state index in [0.717, 1.165) is 17.4 Å². The van der Waals surface area contributed by atoms with Gasteiger partial charge in [0.2, 0.25) is 0 Å². The van der Waals surface area contributed by atoms with Crippen molar-refractivity contribution in [3.05, 3.63) is 47.5 Å². The molecular weight excluding hydrogens is 212 g/mol. The molecule has 2 heterocycles. The third-order valence-electron chi connectivity index (χ3n) is 2.00. The molecule has 0 saturated carbocycles. The van der Waals surface area contributed by atoms with Gasteiger partial charge in [0.1, 0.15) is 5.15 Å². The van der Waals surface area contributed by atoms with E-state index in [9.17, 15) is 4.79 Å². The zero-order chi connectivity index (χ0) is 10.7. The number of aromatic nitrogens is 2. The Morgan fingerprint density at radius 2 is 2.20 bits per heavy atom. The van der Waals surface area contributed by atoms with Crippen LogP contribution in [-0.2, 0) is 0 Å². The number of hydrogen-bond donors (Lipinski definition) is 0. The van der Waals surface area contributed by atoms with Gasteiger partial charge >= 0.3 is 0 Å². The van der Waals surface area contributed by atoms with Crippen molar-refractivity contribution in [3.63, 3.8) is 0 Å². The van der Waals surface area contributed by atoms with E-state index in [-0.39, 0.29) is 0 Å². The molecule has 0 atom stereocenters. The predicted octanol–water partition coefficient (Wildman–Crippen LogP) is 2.61. The SMILES string of the molecule is O=Cc1cc(Cl)ncc1-c1cccnc1. The van der Waals surface area contributed by atoms with E-state index >= 15 is 0 Å². The van der Waals surface area contributed by atoms with Crippen LogP contribution in [0.1, 0.15) is 10.4 Å². The minimum atomic E-state index is 0.310. The van der Waals surface area contributed by atoms with Crippen LogP contribution in [0.25, 0.3) is 11.1 Å². The van der Waals surface area contributed by atoms with Gasteiger partial charge in [-0.1, -0.05) is 17.7 Å². The highest BCUT2D eigenvalue weighted by Gasteiger charge is 2.05. The topological polar surface area (TPSA) is 42.9 Å². The van der Waals surface area contributed by atoms with Crippen LogP contribution in [0, 0.1) is 0 Å². The van der Waals surface area contributed by atoms with Crippen LogP contribution in [0.5, 0.6) is 0 Å². The maximum atomic E-state index is 10.8. The van der Waals surface area contributed by atoms with E-state index < -0.39 is 0 Å². The first-order valence-corrected chi connectivity index (χ1v) is 4.70. The molecule has 0 unspecified atom stereocenters. The van der Waals surface area contributed by atoms with Gasteiger partial charge in [-0.25, -0.2) is 4.98 Å². The molecule has 0 amide bonds. The third kappa shape index (κ3) is 2.02. The molecule has 0 radical (unpaired) electrons. The molecule has 2 aromatic heterocycles. The Hall–Kier alpha value is -1.74. The largest absolute Gasteiger partial charge is 0.298 e. The highest BCUT2D eigenvalue weighted by atomic mass is 35.5. The van der Waals surface area contributed by atoms with E-state index in [0.29, 0.717) is 10.7 Å². The molecule has 0 aliphatic rings. The summed E-state index contributed by atoms with van der Waals surface area (Å²) in [5.74, 6) is 0. The maximum absolute atomic E-state index is 10.8. The maximum Gasteiger partial charge on any atom is 0.150 e. The van der Waals surface area contributed by atoms with Crippen molar-refractivity contribution >= 4 is 17.9 Å². The number of nitrogens with zero attached hydrogens (tertiary/aromatic N) is 2. The molecule has 0 fully saturated rings. The molecule has 0 N–H and O–H groups in total. The average molecular weight is 219 g/mol. The molecule has 0 aliphatic heterocycles. The molecule has 0 bridgehead atoms. The minimum absolute atomic E-state index is 0.310. The number of rotatable bonds is 2. The van der Waals surface area contributed by atoms with Gasteiger partial charge in [0, 0.05) is 35.3 Å². The Labute approximate surface area is 91.8 Å². The van der Waals surface area contributed by atoms with Gasteiger partial charge in [-0.3, -0.25) is 9.78 Å².